The maximum absolute atomic E-state index is 12.4. The van der Waals surface area contributed by atoms with Crippen LogP contribution in [0.15, 0.2) is 5.29 Å². The normalized spacial score (nSPS) is 41.2. The van der Waals surface area contributed by atoms with Crippen LogP contribution in [-0.4, -0.2) is 24.0 Å². The highest BCUT2D eigenvalue weighted by molar-refractivity contribution is 5.11. The van der Waals surface area contributed by atoms with Gasteiger partial charge in [0.05, 0.1) is 17.1 Å². The Kier molecular flexibility index (Phi) is 0.877. The molecule has 2 rings (SSSR count). The summed E-state index contributed by atoms with van der Waals surface area (Å²) in [5.74, 6) is -3.68. The van der Waals surface area contributed by atoms with Crippen LogP contribution in [0.25, 0.3) is 0 Å². The van der Waals surface area contributed by atoms with Gasteiger partial charge in [0.1, 0.15) is 0 Å². The van der Waals surface area contributed by atoms with Crippen molar-refractivity contribution in [2.75, 3.05) is 13.1 Å². The van der Waals surface area contributed by atoms with Gasteiger partial charge in [-0.1, -0.05) is 0 Å². The Morgan fingerprint density at radius 3 is 2.30 bits per heavy atom. The van der Waals surface area contributed by atoms with Crippen LogP contribution in [0.4, 0.5) is 8.78 Å². The minimum Gasteiger partial charge on any atom is -0.260 e. The first-order valence-corrected chi connectivity index (χ1v) is 3.12. The van der Waals surface area contributed by atoms with E-state index in [0.29, 0.717) is 0 Å². The van der Waals surface area contributed by atoms with Gasteiger partial charge < -0.3 is 0 Å². The van der Waals surface area contributed by atoms with E-state index in [-0.39, 0.29) is 13.1 Å². The summed E-state index contributed by atoms with van der Waals surface area (Å²) < 4.78 is 24.8. The van der Waals surface area contributed by atoms with E-state index in [1.54, 1.807) is 0 Å². The highest BCUT2D eigenvalue weighted by Gasteiger charge is 2.72. The summed E-state index contributed by atoms with van der Waals surface area (Å²) in [4.78, 5) is 9.82. The third-order valence-corrected chi connectivity index (χ3v) is 2.30. The zero-order valence-electron chi connectivity index (χ0n) is 5.13. The van der Waals surface area contributed by atoms with E-state index in [2.05, 4.69) is 5.29 Å². The lowest BCUT2D eigenvalue weighted by molar-refractivity contribution is 0.0536. The molecule has 1 aliphatic carbocycles. The maximum Gasteiger partial charge on any atom is 0.258 e. The molecule has 3 nitrogen and oxygen atoms in total. The number of nitrogens with zero attached hydrogens (tertiary/aromatic N) is 2. The molecule has 1 saturated heterocycles. The molecule has 2 atom stereocenters. The molecule has 1 saturated carbocycles. The summed E-state index contributed by atoms with van der Waals surface area (Å²) >= 11 is 0. The van der Waals surface area contributed by atoms with Gasteiger partial charge in [-0.15, -0.1) is 4.91 Å². The molecule has 5 heteroatoms. The number of hydrogen-bond acceptors (Lipinski definition) is 2. The predicted molar refractivity (Wildman–Crippen MR) is 29.3 cm³/mol. The number of halogens is 2. The van der Waals surface area contributed by atoms with Crippen molar-refractivity contribution >= 4 is 0 Å². The highest BCUT2D eigenvalue weighted by Crippen LogP contribution is 2.59. The minimum atomic E-state index is -2.50. The van der Waals surface area contributed by atoms with E-state index in [1.165, 1.54) is 0 Å². The summed E-state index contributed by atoms with van der Waals surface area (Å²) in [6.07, 6.45) is 0. The highest BCUT2D eigenvalue weighted by atomic mass is 19.3. The zero-order chi connectivity index (χ0) is 7.35. The van der Waals surface area contributed by atoms with Crippen molar-refractivity contribution in [1.29, 1.82) is 0 Å². The van der Waals surface area contributed by atoms with E-state index < -0.39 is 17.8 Å². The number of hydrogen-bond donors (Lipinski definition) is 0. The lowest BCUT2D eigenvalue weighted by atomic mass is 10.4. The average Bonchev–Trinajstić information content (AvgIpc) is 2.37. The van der Waals surface area contributed by atoms with E-state index in [0.717, 1.165) is 5.01 Å². The van der Waals surface area contributed by atoms with Gasteiger partial charge >= 0.3 is 0 Å². The standard InChI is InChI=1S/C5H6F2N2O/c6-5(7)3-1-9(8-10)2-4(3)5/h3-4H,1-2H2. The maximum atomic E-state index is 12.4. The molecular formula is C5H6F2N2O. The Balaban J connectivity index is 2.01. The first-order chi connectivity index (χ1) is 4.66. The molecule has 1 heterocycles. The van der Waals surface area contributed by atoms with Crippen molar-refractivity contribution in [2.24, 2.45) is 17.1 Å². The fourth-order valence-corrected chi connectivity index (χ4v) is 1.55. The molecule has 10 heavy (non-hydrogen) atoms. The second kappa shape index (κ2) is 1.46. The summed E-state index contributed by atoms with van der Waals surface area (Å²) in [6.45, 7) is 0.280. The summed E-state index contributed by atoms with van der Waals surface area (Å²) in [7, 11) is 0. The van der Waals surface area contributed by atoms with Crippen LogP contribution < -0.4 is 0 Å². The Morgan fingerprint density at radius 2 is 1.90 bits per heavy atom. The van der Waals surface area contributed by atoms with Crippen LogP contribution in [0.1, 0.15) is 0 Å². The van der Waals surface area contributed by atoms with Crippen molar-refractivity contribution in [2.45, 2.75) is 5.92 Å². The van der Waals surface area contributed by atoms with Gasteiger partial charge in [-0.3, -0.25) is 5.01 Å². The third-order valence-electron chi connectivity index (χ3n) is 2.30. The van der Waals surface area contributed by atoms with Gasteiger partial charge in [0.2, 0.25) is 0 Å². The van der Waals surface area contributed by atoms with E-state index in [4.69, 9.17) is 0 Å². The average molecular weight is 148 g/mol. The summed E-state index contributed by atoms with van der Waals surface area (Å²) in [5.41, 5.74) is 0. The predicted octanol–water partition coefficient (Wildman–Crippen LogP) is 0.865. The minimum absolute atomic E-state index is 0.140. The fraction of sp³-hybridized carbons (Fsp3) is 1.00. The van der Waals surface area contributed by atoms with Crippen LogP contribution in [0.2, 0.25) is 0 Å². The number of fused-ring (bicyclic) bond motifs is 1. The number of alkyl halides is 2. The van der Waals surface area contributed by atoms with Crippen LogP contribution >= 0.6 is 0 Å². The molecule has 0 spiro atoms. The monoisotopic (exact) mass is 148 g/mol. The van der Waals surface area contributed by atoms with Crippen LogP contribution in [0.5, 0.6) is 0 Å². The molecule has 0 bridgehead atoms. The molecule has 0 N–H and O–H groups in total. The van der Waals surface area contributed by atoms with Crippen molar-refractivity contribution in [1.82, 2.24) is 5.01 Å². The fourth-order valence-electron chi connectivity index (χ4n) is 1.55. The molecule has 56 valence electrons. The third kappa shape index (κ3) is 0.526. The number of nitroso groups, excluding NO2 is 1. The van der Waals surface area contributed by atoms with E-state index >= 15 is 0 Å². The molecule has 0 radical (unpaired) electrons. The molecule has 2 aliphatic rings. The molecule has 2 unspecified atom stereocenters. The Labute approximate surface area is 55.9 Å². The smallest absolute Gasteiger partial charge is 0.258 e. The molecular weight excluding hydrogens is 142 g/mol. The van der Waals surface area contributed by atoms with Gasteiger partial charge in [-0.2, -0.15) is 0 Å². The SMILES string of the molecule is O=NN1CC2C(C1)C2(F)F. The number of piperidine rings is 1. The van der Waals surface area contributed by atoms with Crippen molar-refractivity contribution in [3.8, 4) is 0 Å². The van der Waals surface area contributed by atoms with Crippen molar-refractivity contribution < 1.29 is 8.78 Å². The lowest BCUT2D eigenvalue weighted by Crippen LogP contribution is -2.21. The quantitative estimate of drug-likeness (QED) is 0.517. The lowest BCUT2D eigenvalue weighted by Gasteiger charge is -2.10. The molecule has 0 aromatic heterocycles. The number of rotatable bonds is 1. The van der Waals surface area contributed by atoms with E-state index in [1.807, 2.05) is 0 Å². The van der Waals surface area contributed by atoms with Crippen LogP contribution in [0, 0.1) is 16.7 Å². The molecule has 2 fully saturated rings. The molecule has 0 amide bonds. The zero-order valence-corrected chi connectivity index (χ0v) is 5.13. The summed E-state index contributed by atoms with van der Waals surface area (Å²) in [5, 5.41) is 3.74. The first kappa shape index (κ1) is 6.00. The summed E-state index contributed by atoms with van der Waals surface area (Å²) in [6, 6.07) is 0. The van der Waals surface area contributed by atoms with E-state index in [9.17, 15) is 13.7 Å². The Bertz CT molecular complexity index is 170. The second-order valence-corrected chi connectivity index (χ2v) is 2.84. The van der Waals surface area contributed by atoms with Crippen LogP contribution in [0.3, 0.4) is 0 Å². The molecule has 1 aliphatic heterocycles. The Hall–Kier alpha value is -0.740. The van der Waals surface area contributed by atoms with Crippen molar-refractivity contribution in [3.63, 3.8) is 0 Å². The Morgan fingerprint density at radius 1 is 1.40 bits per heavy atom. The van der Waals surface area contributed by atoms with Gasteiger partial charge in [0.25, 0.3) is 5.92 Å². The van der Waals surface area contributed by atoms with Crippen LogP contribution in [-0.2, 0) is 0 Å². The van der Waals surface area contributed by atoms with Gasteiger partial charge in [-0.05, 0) is 0 Å². The van der Waals surface area contributed by atoms with Gasteiger partial charge in [0.15, 0.2) is 0 Å². The molecule has 0 aromatic rings. The van der Waals surface area contributed by atoms with Gasteiger partial charge in [-0.25, -0.2) is 8.78 Å². The second-order valence-electron chi connectivity index (χ2n) is 2.84. The van der Waals surface area contributed by atoms with Crippen molar-refractivity contribution in [3.05, 3.63) is 4.91 Å². The topological polar surface area (TPSA) is 32.7 Å². The first-order valence-electron chi connectivity index (χ1n) is 3.12. The van der Waals surface area contributed by atoms with Gasteiger partial charge in [0, 0.05) is 13.1 Å². The molecule has 0 aromatic carbocycles. The largest absolute Gasteiger partial charge is 0.260 e.